The number of amides is 1. The van der Waals surface area contributed by atoms with E-state index in [4.69, 9.17) is 4.74 Å². The van der Waals surface area contributed by atoms with Crippen LogP contribution in [0.25, 0.3) is 11.1 Å². The second-order valence-electron chi connectivity index (χ2n) is 8.89. The molecule has 2 aliphatic rings. The zero-order chi connectivity index (χ0) is 22.6. The van der Waals surface area contributed by atoms with E-state index in [1.54, 1.807) is 4.90 Å². The van der Waals surface area contributed by atoms with Crippen molar-refractivity contribution >= 4 is 16.1 Å². The van der Waals surface area contributed by atoms with Gasteiger partial charge in [-0.2, -0.15) is 0 Å². The number of benzene rings is 2. The van der Waals surface area contributed by atoms with Gasteiger partial charge in [-0.15, -0.1) is 0 Å². The Bertz CT molecular complexity index is 1050. The molecule has 7 heteroatoms. The molecule has 2 atom stereocenters. The number of carbonyl (C=O) groups is 1. The first-order valence-corrected chi connectivity index (χ1v) is 13.4. The molecular formula is C25H32N2O4S. The largest absolute Gasteiger partial charge is 0.449 e. The third kappa shape index (κ3) is 5.70. The van der Waals surface area contributed by atoms with Gasteiger partial charge in [0, 0.05) is 12.6 Å². The Kier molecular flexibility index (Phi) is 7.16. The zero-order valence-electron chi connectivity index (χ0n) is 18.6. The van der Waals surface area contributed by atoms with Crippen molar-refractivity contribution in [1.29, 1.82) is 0 Å². The molecule has 2 aromatic rings. The second-order valence-corrected chi connectivity index (χ2v) is 10.7. The number of rotatable bonds is 2. The number of hydrogen-bond donors (Lipinski definition) is 1. The van der Waals surface area contributed by atoms with Crippen molar-refractivity contribution < 1.29 is 17.9 Å². The minimum Gasteiger partial charge on any atom is -0.449 e. The van der Waals surface area contributed by atoms with E-state index in [0.717, 1.165) is 43.2 Å². The number of nitrogens with zero attached hydrogens (tertiary/aromatic N) is 1. The van der Waals surface area contributed by atoms with Crippen LogP contribution in [0.3, 0.4) is 0 Å². The maximum Gasteiger partial charge on any atom is 0.410 e. The van der Waals surface area contributed by atoms with E-state index in [1.807, 2.05) is 6.07 Å². The smallest absolute Gasteiger partial charge is 0.410 e. The van der Waals surface area contributed by atoms with Crippen LogP contribution >= 0.6 is 0 Å². The van der Waals surface area contributed by atoms with Crippen molar-refractivity contribution in [2.24, 2.45) is 0 Å². The van der Waals surface area contributed by atoms with Gasteiger partial charge in [-0.1, -0.05) is 48.5 Å². The highest BCUT2D eigenvalue weighted by molar-refractivity contribution is 7.88. The van der Waals surface area contributed by atoms with E-state index >= 15 is 0 Å². The van der Waals surface area contributed by atoms with Crippen molar-refractivity contribution in [3.8, 4) is 11.1 Å². The van der Waals surface area contributed by atoms with Crippen LogP contribution in [0.15, 0.2) is 48.5 Å². The summed E-state index contributed by atoms with van der Waals surface area (Å²) in [5.74, 6) is 0. The summed E-state index contributed by atoms with van der Waals surface area (Å²) >= 11 is 0. The summed E-state index contributed by atoms with van der Waals surface area (Å²) < 4.78 is 32.4. The summed E-state index contributed by atoms with van der Waals surface area (Å²) in [6.07, 6.45) is 6.69. The zero-order valence-corrected chi connectivity index (χ0v) is 19.4. The van der Waals surface area contributed by atoms with Gasteiger partial charge >= 0.3 is 6.09 Å². The molecule has 2 aromatic carbocycles. The summed E-state index contributed by atoms with van der Waals surface area (Å²) in [6, 6.07) is 16.3. The van der Waals surface area contributed by atoms with Gasteiger partial charge < -0.3 is 9.64 Å². The SMILES string of the molecule is CS(=O)(=O)NC1CCCN2C(=O)OCCCCCc3ccccc3-c3cccc(c3)CC12. The van der Waals surface area contributed by atoms with Gasteiger partial charge in [-0.3, -0.25) is 0 Å². The highest BCUT2D eigenvalue weighted by atomic mass is 32.2. The fraction of sp³-hybridized carbons (Fsp3) is 0.480. The highest BCUT2D eigenvalue weighted by Gasteiger charge is 2.36. The Labute approximate surface area is 191 Å². The summed E-state index contributed by atoms with van der Waals surface area (Å²) in [7, 11) is -3.40. The third-order valence-electron chi connectivity index (χ3n) is 6.40. The predicted octanol–water partition coefficient (Wildman–Crippen LogP) is 4.14. The Hall–Kier alpha value is -2.38. The average Bonchev–Trinajstić information content (AvgIpc) is 2.76. The van der Waals surface area contributed by atoms with Gasteiger partial charge in [0.1, 0.15) is 0 Å². The van der Waals surface area contributed by atoms with Crippen molar-refractivity contribution in [1.82, 2.24) is 9.62 Å². The number of aryl methyl sites for hydroxylation is 1. The molecule has 4 rings (SSSR count). The van der Waals surface area contributed by atoms with Crippen molar-refractivity contribution in [2.75, 3.05) is 19.4 Å². The number of hydrogen-bond acceptors (Lipinski definition) is 4. The summed E-state index contributed by atoms with van der Waals surface area (Å²) in [6.45, 7) is 0.968. The molecule has 6 nitrogen and oxygen atoms in total. The predicted molar refractivity (Wildman–Crippen MR) is 126 cm³/mol. The van der Waals surface area contributed by atoms with Crippen LogP contribution in [0.5, 0.6) is 0 Å². The Balaban J connectivity index is 1.71. The van der Waals surface area contributed by atoms with Crippen LogP contribution in [-0.2, 0) is 27.6 Å². The lowest BCUT2D eigenvalue weighted by Crippen LogP contribution is -2.57. The molecule has 0 radical (unpaired) electrons. The van der Waals surface area contributed by atoms with E-state index in [2.05, 4.69) is 47.2 Å². The Morgan fingerprint density at radius 2 is 1.88 bits per heavy atom. The minimum absolute atomic E-state index is 0.290. The molecule has 2 bridgehead atoms. The number of sulfonamides is 1. The summed E-state index contributed by atoms with van der Waals surface area (Å²) in [5, 5.41) is 0. The number of fused-ring (bicyclic) bond motifs is 5. The number of ether oxygens (including phenoxy) is 1. The molecule has 1 fully saturated rings. The van der Waals surface area contributed by atoms with Gasteiger partial charge in [0.05, 0.1) is 18.9 Å². The van der Waals surface area contributed by atoms with Crippen LogP contribution in [0, 0.1) is 0 Å². The Morgan fingerprint density at radius 1 is 1.03 bits per heavy atom. The number of piperidine rings is 1. The molecule has 0 aliphatic carbocycles. The van der Waals surface area contributed by atoms with E-state index in [1.165, 1.54) is 17.4 Å². The molecule has 1 saturated heterocycles. The molecule has 1 amide bonds. The van der Waals surface area contributed by atoms with E-state index in [0.29, 0.717) is 26.0 Å². The monoisotopic (exact) mass is 456 g/mol. The van der Waals surface area contributed by atoms with Gasteiger partial charge in [-0.25, -0.2) is 17.9 Å². The standard InChI is InChI=1S/C25H32N2O4S/c1-32(29,30)26-23-14-8-15-27-24(23)18-19-9-7-12-21(17-19)22-13-5-4-11-20(22)10-3-2-6-16-31-25(27)28/h4-5,7,9,11-13,17,23-24,26H,2-3,6,8,10,14-16,18H2,1H3. The average molecular weight is 457 g/mol. The molecule has 0 spiro atoms. The van der Waals surface area contributed by atoms with Crippen LogP contribution in [-0.4, -0.2) is 50.9 Å². The van der Waals surface area contributed by atoms with Crippen LogP contribution in [0.1, 0.15) is 43.2 Å². The summed E-state index contributed by atoms with van der Waals surface area (Å²) in [5.41, 5.74) is 4.80. The molecule has 0 aromatic heterocycles. The van der Waals surface area contributed by atoms with Gasteiger partial charge in [0.15, 0.2) is 0 Å². The maximum atomic E-state index is 12.9. The molecule has 32 heavy (non-hydrogen) atoms. The van der Waals surface area contributed by atoms with E-state index in [9.17, 15) is 13.2 Å². The van der Waals surface area contributed by atoms with Crippen molar-refractivity contribution in [3.63, 3.8) is 0 Å². The molecule has 2 heterocycles. The van der Waals surface area contributed by atoms with Crippen LogP contribution in [0.2, 0.25) is 0 Å². The van der Waals surface area contributed by atoms with Gasteiger partial charge in [-0.05, 0) is 67.2 Å². The first-order chi connectivity index (χ1) is 15.4. The fourth-order valence-electron chi connectivity index (χ4n) is 4.91. The molecule has 2 aliphatic heterocycles. The Morgan fingerprint density at radius 3 is 2.72 bits per heavy atom. The highest BCUT2D eigenvalue weighted by Crippen LogP contribution is 2.29. The maximum absolute atomic E-state index is 12.9. The summed E-state index contributed by atoms with van der Waals surface area (Å²) in [4.78, 5) is 14.7. The first kappa shape index (κ1) is 22.8. The van der Waals surface area contributed by atoms with E-state index in [-0.39, 0.29) is 18.2 Å². The first-order valence-electron chi connectivity index (χ1n) is 11.5. The van der Waals surface area contributed by atoms with Crippen LogP contribution in [0.4, 0.5) is 4.79 Å². The lowest BCUT2D eigenvalue weighted by molar-refractivity contribution is 0.0635. The van der Waals surface area contributed by atoms with Crippen molar-refractivity contribution in [3.05, 3.63) is 59.7 Å². The number of nitrogens with one attached hydrogen (secondary N) is 1. The lowest BCUT2D eigenvalue weighted by Gasteiger charge is -2.40. The lowest BCUT2D eigenvalue weighted by atomic mass is 9.90. The molecule has 0 saturated carbocycles. The topological polar surface area (TPSA) is 75.7 Å². The number of carbonyl (C=O) groups excluding carboxylic acids is 1. The molecule has 2 unspecified atom stereocenters. The second kappa shape index (κ2) is 10.0. The quantitative estimate of drug-likeness (QED) is 0.737. The molecule has 172 valence electrons. The minimum atomic E-state index is -3.40. The molecular weight excluding hydrogens is 424 g/mol. The molecule has 1 N–H and O–H groups in total. The van der Waals surface area contributed by atoms with Crippen LogP contribution < -0.4 is 4.72 Å². The fourth-order valence-corrected chi connectivity index (χ4v) is 5.74. The van der Waals surface area contributed by atoms with Gasteiger partial charge in [0.2, 0.25) is 10.0 Å². The number of cyclic esters (lactones) is 1. The van der Waals surface area contributed by atoms with Gasteiger partial charge in [0.25, 0.3) is 0 Å². The van der Waals surface area contributed by atoms with Crippen molar-refractivity contribution in [2.45, 2.75) is 57.0 Å². The third-order valence-corrected chi connectivity index (χ3v) is 7.13. The van der Waals surface area contributed by atoms with E-state index < -0.39 is 10.0 Å². The normalized spacial score (nSPS) is 22.7.